The largest absolute Gasteiger partial charge is 0.326 e. The Labute approximate surface area is 135 Å². The highest BCUT2D eigenvalue weighted by molar-refractivity contribution is 6.42. The monoisotopic (exact) mass is 332 g/mol. The maximum absolute atomic E-state index is 6.27. The smallest absolute Gasteiger partial charge is 0.127 e. The highest BCUT2D eigenvalue weighted by Gasteiger charge is 2.19. The van der Waals surface area contributed by atoms with Crippen molar-refractivity contribution in [3.63, 3.8) is 0 Å². The van der Waals surface area contributed by atoms with Crippen molar-refractivity contribution in [3.8, 4) is 0 Å². The number of hydrogen-bond donors (Lipinski definition) is 0. The molecule has 0 aliphatic carbocycles. The second kappa shape index (κ2) is 6.13. The Kier molecular flexibility index (Phi) is 4.88. The van der Waals surface area contributed by atoms with E-state index < -0.39 is 0 Å². The summed E-state index contributed by atoms with van der Waals surface area (Å²) < 4.78 is 2.17. The Hall–Kier alpha value is -0.440. The normalized spacial score (nSPS) is 15.0. The minimum atomic E-state index is -0.153. The molecule has 1 aromatic heterocycles. The number of halogens is 3. The van der Waals surface area contributed by atoms with Crippen molar-refractivity contribution in [1.82, 2.24) is 9.55 Å². The summed E-state index contributed by atoms with van der Waals surface area (Å²) in [5, 5.41) is 0.917. The molecule has 0 radical (unpaired) electrons. The van der Waals surface area contributed by atoms with Gasteiger partial charge in [0.25, 0.3) is 0 Å². The third-order valence-electron chi connectivity index (χ3n) is 3.78. The van der Waals surface area contributed by atoms with Crippen LogP contribution in [0.4, 0.5) is 0 Å². The third kappa shape index (κ3) is 3.08. The van der Waals surface area contributed by atoms with Gasteiger partial charge < -0.3 is 4.57 Å². The number of nitrogens with zero attached hydrogens (tertiary/aromatic N) is 2. The van der Waals surface area contributed by atoms with E-state index in [0.717, 1.165) is 23.4 Å². The van der Waals surface area contributed by atoms with E-state index in [1.54, 1.807) is 6.07 Å². The maximum Gasteiger partial charge on any atom is 0.127 e. The topological polar surface area (TPSA) is 17.8 Å². The Morgan fingerprint density at radius 1 is 1.10 bits per heavy atom. The first-order valence-corrected chi connectivity index (χ1v) is 7.99. The molecule has 0 aliphatic rings. The van der Waals surface area contributed by atoms with Crippen LogP contribution in [0.5, 0.6) is 0 Å². The van der Waals surface area contributed by atoms with Gasteiger partial charge in [-0.05, 0) is 30.9 Å². The number of alkyl halides is 1. The Morgan fingerprint density at radius 2 is 1.70 bits per heavy atom. The van der Waals surface area contributed by atoms with Crippen molar-refractivity contribution in [1.29, 1.82) is 0 Å². The van der Waals surface area contributed by atoms with Crippen molar-refractivity contribution in [2.24, 2.45) is 11.8 Å². The van der Waals surface area contributed by atoms with Crippen molar-refractivity contribution in [3.05, 3.63) is 28.0 Å². The fraction of sp³-hybridized carbons (Fsp3) is 0.533. The highest BCUT2D eigenvalue weighted by Crippen LogP contribution is 2.32. The van der Waals surface area contributed by atoms with Crippen molar-refractivity contribution >= 4 is 45.8 Å². The SMILES string of the molecule is CC(Cl)c1nc2cc(Cl)c(Cl)cc2n1CC(C)C(C)C. The molecule has 0 aliphatic heterocycles. The van der Waals surface area contributed by atoms with Crippen LogP contribution in [-0.2, 0) is 6.54 Å². The second-order valence-electron chi connectivity index (χ2n) is 5.67. The molecule has 20 heavy (non-hydrogen) atoms. The molecule has 0 bridgehead atoms. The molecule has 2 atom stereocenters. The molecule has 0 saturated heterocycles. The van der Waals surface area contributed by atoms with E-state index in [9.17, 15) is 0 Å². The second-order valence-corrected chi connectivity index (χ2v) is 7.14. The van der Waals surface area contributed by atoms with E-state index in [4.69, 9.17) is 34.8 Å². The minimum absolute atomic E-state index is 0.153. The molecule has 0 N–H and O–H groups in total. The van der Waals surface area contributed by atoms with Gasteiger partial charge in [-0.1, -0.05) is 44.0 Å². The molecule has 0 amide bonds. The van der Waals surface area contributed by atoms with Gasteiger partial charge in [-0.3, -0.25) is 0 Å². The quantitative estimate of drug-likeness (QED) is 0.633. The number of imidazole rings is 1. The van der Waals surface area contributed by atoms with Crippen LogP contribution in [0.15, 0.2) is 12.1 Å². The lowest BCUT2D eigenvalue weighted by atomic mass is 9.98. The summed E-state index contributed by atoms with van der Waals surface area (Å²) in [7, 11) is 0. The molecule has 1 aromatic carbocycles. The molecule has 2 rings (SSSR count). The summed E-state index contributed by atoms with van der Waals surface area (Å²) in [4.78, 5) is 4.61. The zero-order valence-electron chi connectivity index (χ0n) is 12.1. The van der Waals surface area contributed by atoms with Gasteiger partial charge in [-0.2, -0.15) is 0 Å². The van der Waals surface area contributed by atoms with Crippen LogP contribution in [0.1, 0.15) is 38.9 Å². The summed E-state index contributed by atoms with van der Waals surface area (Å²) in [5.74, 6) is 1.98. The first-order valence-electron chi connectivity index (χ1n) is 6.80. The number of aromatic nitrogens is 2. The standard InChI is InChI=1S/C15H19Cl3N2/c1-8(2)9(3)7-20-14-6-12(18)11(17)5-13(14)19-15(20)10(4)16/h5-6,8-10H,7H2,1-4H3. The molecule has 0 fully saturated rings. The summed E-state index contributed by atoms with van der Waals surface area (Å²) in [6.07, 6.45) is 0. The highest BCUT2D eigenvalue weighted by atomic mass is 35.5. The van der Waals surface area contributed by atoms with Crippen molar-refractivity contribution in [2.45, 2.75) is 39.6 Å². The molecule has 2 unspecified atom stereocenters. The van der Waals surface area contributed by atoms with Crippen molar-refractivity contribution in [2.75, 3.05) is 0 Å². The predicted octanol–water partition coefficient (Wildman–Crippen LogP) is 5.94. The molecule has 0 saturated carbocycles. The van der Waals surface area contributed by atoms with E-state index >= 15 is 0 Å². The Morgan fingerprint density at radius 3 is 2.25 bits per heavy atom. The zero-order valence-corrected chi connectivity index (χ0v) is 14.4. The summed E-state index contributed by atoms with van der Waals surface area (Å²) in [5.41, 5.74) is 1.84. The number of fused-ring (bicyclic) bond motifs is 1. The lowest BCUT2D eigenvalue weighted by Crippen LogP contribution is -2.15. The maximum atomic E-state index is 6.27. The zero-order chi connectivity index (χ0) is 15.0. The first kappa shape index (κ1) is 15.9. The van der Waals surface area contributed by atoms with E-state index in [0.29, 0.717) is 21.9 Å². The Bertz CT molecular complexity index is 617. The van der Waals surface area contributed by atoms with Crippen LogP contribution in [-0.4, -0.2) is 9.55 Å². The Balaban J connectivity index is 2.59. The predicted molar refractivity (Wildman–Crippen MR) is 88.0 cm³/mol. The average Bonchev–Trinajstić information content (AvgIpc) is 2.68. The van der Waals surface area contributed by atoms with Gasteiger partial charge in [0.1, 0.15) is 5.82 Å². The van der Waals surface area contributed by atoms with Crippen LogP contribution in [0.25, 0.3) is 11.0 Å². The summed E-state index contributed by atoms with van der Waals surface area (Å²) in [6.45, 7) is 9.48. The molecule has 2 aromatic rings. The van der Waals surface area contributed by atoms with Crippen LogP contribution in [0, 0.1) is 11.8 Å². The fourth-order valence-electron chi connectivity index (χ4n) is 2.13. The van der Waals surface area contributed by atoms with Gasteiger partial charge in [0.2, 0.25) is 0 Å². The van der Waals surface area contributed by atoms with Gasteiger partial charge in [0, 0.05) is 6.54 Å². The van der Waals surface area contributed by atoms with Crippen LogP contribution >= 0.6 is 34.8 Å². The van der Waals surface area contributed by atoms with E-state index in [-0.39, 0.29) is 5.38 Å². The first-order chi connectivity index (χ1) is 9.31. The van der Waals surface area contributed by atoms with Gasteiger partial charge in [-0.15, -0.1) is 11.6 Å². The van der Waals surface area contributed by atoms with Crippen molar-refractivity contribution < 1.29 is 0 Å². The summed E-state index contributed by atoms with van der Waals surface area (Å²) >= 11 is 18.5. The third-order valence-corrected chi connectivity index (χ3v) is 4.70. The molecule has 1 heterocycles. The lowest BCUT2D eigenvalue weighted by Gasteiger charge is -2.19. The van der Waals surface area contributed by atoms with Crippen LogP contribution in [0.2, 0.25) is 10.0 Å². The number of hydrogen-bond acceptors (Lipinski definition) is 1. The molecular weight excluding hydrogens is 315 g/mol. The van der Waals surface area contributed by atoms with Gasteiger partial charge in [0.05, 0.1) is 26.5 Å². The van der Waals surface area contributed by atoms with E-state index in [2.05, 4.69) is 30.3 Å². The number of benzene rings is 1. The van der Waals surface area contributed by atoms with Gasteiger partial charge in [0.15, 0.2) is 0 Å². The molecule has 2 nitrogen and oxygen atoms in total. The molecular formula is C15H19Cl3N2. The number of rotatable bonds is 4. The van der Waals surface area contributed by atoms with Gasteiger partial charge >= 0.3 is 0 Å². The molecule has 110 valence electrons. The molecule has 0 spiro atoms. The van der Waals surface area contributed by atoms with E-state index in [1.165, 1.54) is 0 Å². The van der Waals surface area contributed by atoms with Gasteiger partial charge in [-0.25, -0.2) is 4.98 Å². The van der Waals surface area contributed by atoms with Crippen LogP contribution < -0.4 is 0 Å². The molecule has 5 heteroatoms. The minimum Gasteiger partial charge on any atom is -0.326 e. The van der Waals surface area contributed by atoms with E-state index in [1.807, 2.05) is 13.0 Å². The summed E-state index contributed by atoms with van der Waals surface area (Å²) in [6, 6.07) is 3.68. The van der Waals surface area contributed by atoms with Crippen LogP contribution in [0.3, 0.4) is 0 Å². The fourth-order valence-corrected chi connectivity index (χ4v) is 2.62. The lowest BCUT2D eigenvalue weighted by molar-refractivity contribution is 0.364. The average molecular weight is 334 g/mol.